The molecule has 0 fully saturated rings. The van der Waals surface area contributed by atoms with Crippen LogP contribution in [-0.2, 0) is 0 Å². The van der Waals surface area contributed by atoms with Crippen LogP contribution in [0.5, 0.6) is 0 Å². The van der Waals surface area contributed by atoms with Crippen LogP contribution in [0.3, 0.4) is 0 Å². The van der Waals surface area contributed by atoms with E-state index in [4.69, 9.17) is 0 Å². The van der Waals surface area contributed by atoms with Gasteiger partial charge in [-0.3, -0.25) is 0 Å². The number of rotatable bonds is 9. The van der Waals surface area contributed by atoms with Gasteiger partial charge in [0.25, 0.3) is 0 Å². The molecule has 0 bridgehead atoms. The van der Waals surface area contributed by atoms with Gasteiger partial charge in [0.05, 0.1) is 0 Å². The molecule has 15 heavy (non-hydrogen) atoms. The van der Waals surface area contributed by atoms with Crippen molar-refractivity contribution in [3.8, 4) is 0 Å². The van der Waals surface area contributed by atoms with Crippen LogP contribution in [0.2, 0.25) is 0 Å². The van der Waals surface area contributed by atoms with Crippen LogP contribution in [0.15, 0.2) is 0 Å². The van der Waals surface area contributed by atoms with Gasteiger partial charge in [-0.15, -0.1) is 0 Å². The van der Waals surface area contributed by atoms with Crippen LogP contribution in [-0.4, -0.2) is 13.1 Å². The monoisotopic (exact) mass is 213 g/mol. The van der Waals surface area contributed by atoms with E-state index in [0.29, 0.717) is 5.41 Å². The zero-order valence-electron chi connectivity index (χ0n) is 11.5. The zero-order chi connectivity index (χ0) is 11.7. The van der Waals surface area contributed by atoms with E-state index in [9.17, 15) is 0 Å². The number of hydrogen-bond donors (Lipinski definition) is 1. The Hall–Kier alpha value is -0.0400. The van der Waals surface area contributed by atoms with Gasteiger partial charge in [0.1, 0.15) is 0 Å². The van der Waals surface area contributed by atoms with Crippen LogP contribution in [0, 0.1) is 11.3 Å². The maximum atomic E-state index is 3.57. The topological polar surface area (TPSA) is 12.0 Å². The minimum Gasteiger partial charge on any atom is -0.316 e. The lowest BCUT2D eigenvalue weighted by atomic mass is 9.78. The molecular formula is C14H31N. The maximum Gasteiger partial charge on any atom is 0.000516 e. The van der Waals surface area contributed by atoms with Gasteiger partial charge in [0.15, 0.2) is 0 Å². The molecule has 0 aromatic carbocycles. The SMILES string of the molecule is CCCNCC(C)(CC)CC(C)CCC. The lowest BCUT2D eigenvalue weighted by Crippen LogP contribution is -2.33. The van der Waals surface area contributed by atoms with Crippen LogP contribution >= 0.6 is 0 Å². The Bertz CT molecular complexity index is 144. The van der Waals surface area contributed by atoms with Crippen molar-refractivity contribution in [3.05, 3.63) is 0 Å². The van der Waals surface area contributed by atoms with E-state index < -0.39 is 0 Å². The summed E-state index contributed by atoms with van der Waals surface area (Å²) in [6.45, 7) is 14.0. The van der Waals surface area contributed by atoms with Crippen LogP contribution in [0.4, 0.5) is 0 Å². The molecule has 0 aliphatic carbocycles. The highest BCUT2D eigenvalue weighted by molar-refractivity contribution is 4.77. The molecule has 1 N–H and O–H groups in total. The van der Waals surface area contributed by atoms with Crippen molar-refractivity contribution >= 4 is 0 Å². The van der Waals surface area contributed by atoms with Crippen molar-refractivity contribution in [3.63, 3.8) is 0 Å². The molecule has 1 heteroatoms. The minimum atomic E-state index is 0.504. The Morgan fingerprint density at radius 1 is 1.13 bits per heavy atom. The average molecular weight is 213 g/mol. The Balaban J connectivity index is 3.94. The van der Waals surface area contributed by atoms with Crippen molar-refractivity contribution in [2.24, 2.45) is 11.3 Å². The summed E-state index contributed by atoms with van der Waals surface area (Å²) < 4.78 is 0. The van der Waals surface area contributed by atoms with Gasteiger partial charge in [0.2, 0.25) is 0 Å². The fourth-order valence-corrected chi connectivity index (χ4v) is 2.34. The average Bonchev–Trinajstić information content (AvgIpc) is 2.18. The minimum absolute atomic E-state index is 0.504. The molecule has 0 radical (unpaired) electrons. The molecule has 0 heterocycles. The van der Waals surface area contributed by atoms with E-state index >= 15 is 0 Å². The number of nitrogens with one attached hydrogen (secondary N) is 1. The highest BCUT2D eigenvalue weighted by Crippen LogP contribution is 2.30. The summed E-state index contributed by atoms with van der Waals surface area (Å²) in [5.41, 5.74) is 0.504. The summed E-state index contributed by atoms with van der Waals surface area (Å²) in [6.07, 6.45) is 6.60. The van der Waals surface area contributed by atoms with Gasteiger partial charge in [-0.1, -0.05) is 47.5 Å². The van der Waals surface area contributed by atoms with Crippen molar-refractivity contribution in [1.82, 2.24) is 5.32 Å². The van der Waals surface area contributed by atoms with E-state index in [0.717, 1.165) is 12.5 Å². The Labute approximate surface area is 97.0 Å². The molecule has 0 aliphatic rings. The summed E-state index contributed by atoms with van der Waals surface area (Å²) in [4.78, 5) is 0. The van der Waals surface area contributed by atoms with Gasteiger partial charge in [-0.25, -0.2) is 0 Å². The molecule has 1 nitrogen and oxygen atoms in total. The second-order valence-electron chi connectivity index (χ2n) is 5.44. The van der Waals surface area contributed by atoms with Crippen molar-refractivity contribution in [2.45, 2.75) is 66.7 Å². The van der Waals surface area contributed by atoms with Gasteiger partial charge < -0.3 is 5.32 Å². The molecular weight excluding hydrogens is 182 g/mol. The third-order valence-corrected chi connectivity index (χ3v) is 3.45. The second-order valence-corrected chi connectivity index (χ2v) is 5.44. The quantitative estimate of drug-likeness (QED) is 0.565. The van der Waals surface area contributed by atoms with E-state index in [1.807, 2.05) is 0 Å². The smallest absolute Gasteiger partial charge is 0.000516 e. The lowest BCUT2D eigenvalue weighted by Gasteiger charge is -2.31. The largest absolute Gasteiger partial charge is 0.316 e. The molecule has 0 aliphatic heterocycles. The molecule has 0 amide bonds. The number of hydrogen-bond acceptors (Lipinski definition) is 1. The lowest BCUT2D eigenvalue weighted by molar-refractivity contribution is 0.222. The van der Waals surface area contributed by atoms with E-state index in [1.54, 1.807) is 0 Å². The molecule has 0 aromatic rings. The Kier molecular flexibility index (Phi) is 8.13. The highest BCUT2D eigenvalue weighted by atomic mass is 14.9. The van der Waals surface area contributed by atoms with Crippen molar-refractivity contribution in [2.75, 3.05) is 13.1 Å². The summed E-state index contributed by atoms with van der Waals surface area (Å²) >= 11 is 0. The Morgan fingerprint density at radius 2 is 1.80 bits per heavy atom. The molecule has 92 valence electrons. The summed E-state index contributed by atoms with van der Waals surface area (Å²) in [5.74, 6) is 0.878. The molecule has 0 rings (SSSR count). The molecule has 2 atom stereocenters. The molecule has 2 unspecified atom stereocenters. The first kappa shape index (κ1) is 15.0. The fourth-order valence-electron chi connectivity index (χ4n) is 2.34. The Morgan fingerprint density at radius 3 is 2.27 bits per heavy atom. The van der Waals surface area contributed by atoms with E-state index in [2.05, 4.69) is 39.9 Å². The van der Waals surface area contributed by atoms with Crippen molar-refractivity contribution < 1.29 is 0 Å². The molecule has 0 saturated heterocycles. The summed E-state index contributed by atoms with van der Waals surface area (Å²) in [6, 6.07) is 0. The molecule has 0 aromatic heterocycles. The molecule has 0 saturated carbocycles. The van der Waals surface area contributed by atoms with Gasteiger partial charge >= 0.3 is 0 Å². The zero-order valence-corrected chi connectivity index (χ0v) is 11.5. The van der Waals surface area contributed by atoms with Crippen molar-refractivity contribution in [1.29, 1.82) is 0 Å². The maximum absolute atomic E-state index is 3.57. The first-order valence-electron chi connectivity index (χ1n) is 6.78. The van der Waals surface area contributed by atoms with E-state index in [-0.39, 0.29) is 0 Å². The van der Waals surface area contributed by atoms with Gasteiger partial charge in [0, 0.05) is 6.54 Å². The third-order valence-electron chi connectivity index (χ3n) is 3.45. The van der Waals surface area contributed by atoms with Crippen LogP contribution in [0.25, 0.3) is 0 Å². The summed E-state index contributed by atoms with van der Waals surface area (Å²) in [7, 11) is 0. The van der Waals surface area contributed by atoms with Gasteiger partial charge in [-0.2, -0.15) is 0 Å². The second kappa shape index (κ2) is 8.15. The molecule has 0 spiro atoms. The predicted octanol–water partition coefficient (Wildman–Crippen LogP) is 4.23. The highest BCUT2D eigenvalue weighted by Gasteiger charge is 2.23. The predicted molar refractivity (Wildman–Crippen MR) is 70.2 cm³/mol. The van der Waals surface area contributed by atoms with Crippen LogP contribution in [0.1, 0.15) is 66.7 Å². The normalized spacial score (nSPS) is 17.4. The van der Waals surface area contributed by atoms with Crippen LogP contribution < -0.4 is 5.32 Å². The summed E-state index contributed by atoms with van der Waals surface area (Å²) in [5, 5.41) is 3.57. The third kappa shape index (κ3) is 6.94. The van der Waals surface area contributed by atoms with E-state index in [1.165, 1.54) is 38.6 Å². The van der Waals surface area contributed by atoms with Gasteiger partial charge in [-0.05, 0) is 37.1 Å². The first-order valence-corrected chi connectivity index (χ1v) is 6.78. The first-order chi connectivity index (χ1) is 7.08. The standard InChI is InChI=1S/C14H31N/c1-6-9-13(4)11-14(5,8-3)12-15-10-7-2/h13,15H,6-12H2,1-5H3. The fraction of sp³-hybridized carbons (Fsp3) is 1.00.